The van der Waals surface area contributed by atoms with Crippen molar-refractivity contribution in [2.45, 2.75) is 19.0 Å². The van der Waals surface area contributed by atoms with Crippen molar-refractivity contribution in [3.8, 4) is 0 Å². The van der Waals surface area contributed by atoms with E-state index in [1.54, 1.807) is 0 Å². The number of hydrogen-bond acceptors (Lipinski definition) is 2. The Kier molecular flexibility index (Phi) is 3.59. The van der Waals surface area contributed by atoms with Gasteiger partial charge in [-0.15, -0.1) is 0 Å². The average molecular weight is 244 g/mol. The van der Waals surface area contributed by atoms with E-state index in [1.165, 1.54) is 0 Å². The second-order valence-corrected chi connectivity index (χ2v) is 3.74. The number of likely N-dealkylation sites (tertiary alicyclic amines) is 1. The summed E-state index contributed by atoms with van der Waals surface area (Å²) in [5.41, 5.74) is 0. The highest BCUT2D eigenvalue weighted by Gasteiger charge is 2.43. The standard InChI is InChI=1S/C8H9ClF3NO2/c9-6(14)5-1-3-13(4-2-5)7(15)8(10,11)12/h5H,1-4H2. The van der Waals surface area contributed by atoms with E-state index in [2.05, 4.69) is 0 Å². The summed E-state index contributed by atoms with van der Waals surface area (Å²) in [6.45, 7) is -0.136. The topological polar surface area (TPSA) is 37.4 Å². The third-order valence-electron chi connectivity index (χ3n) is 2.35. The highest BCUT2D eigenvalue weighted by atomic mass is 35.5. The van der Waals surface area contributed by atoms with Gasteiger partial charge in [0.25, 0.3) is 0 Å². The van der Waals surface area contributed by atoms with Crippen LogP contribution in [-0.2, 0) is 9.59 Å². The fraction of sp³-hybridized carbons (Fsp3) is 0.750. The van der Waals surface area contributed by atoms with Crippen LogP contribution in [0.25, 0.3) is 0 Å². The SMILES string of the molecule is O=C(Cl)C1CCN(C(=O)C(F)(F)F)CC1. The van der Waals surface area contributed by atoms with Crippen molar-refractivity contribution in [3.05, 3.63) is 0 Å². The van der Waals surface area contributed by atoms with Crippen molar-refractivity contribution in [1.82, 2.24) is 4.90 Å². The van der Waals surface area contributed by atoms with Gasteiger partial charge in [0.05, 0.1) is 0 Å². The molecule has 0 saturated carbocycles. The van der Waals surface area contributed by atoms with Crippen LogP contribution in [0.5, 0.6) is 0 Å². The van der Waals surface area contributed by atoms with E-state index in [1.807, 2.05) is 0 Å². The van der Waals surface area contributed by atoms with Gasteiger partial charge in [-0.3, -0.25) is 9.59 Å². The molecule has 0 aromatic carbocycles. The van der Waals surface area contributed by atoms with Gasteiger partial charge in [0.2, 0.25) is 5.24 Å². The summed E-state index contributed by atoms with van der Waals surface area (Å²) in [6.07, 6.45) is -4.44. The number of hydrogen-bond donors (Lipinski definition) is 0. The number of amides is 1. The lowest BCUT2D eigenvalue weighted by molar-refractivity contribution is -0.186. The van der Waals surface area contributed by atoms with E-state index in [0.29, 0.717) is 4.90 Å². The van der Waals surface area contributed by atoms with Crippen LogP contribution in [-0.4, -0.2) is 35.3 Å². The molecule has 1 rings (SSSR count). The predicted molar refractivity (Wildman–Crippen MR) is 46.2 cm³/mol. The Morgan fingerprint density at radius 3 is 2.00 bits per heavy atom. The van der Waals surface area contributed by atoms with Crippen LogP contribution in [0.15, 0.2) is 0 Å². The molecule has 0 unspecified atom stereocenters. The third kappa shape index (κ3) is 3.09. The number of piperidine rings is 1. The molecule has 15 heavy (non-hydrogen) atoms. The lowest BCUT2D eigenvalue weighted by Crippen LogP contribution is -2.45. The monoisotopic (exact) mass is 243 g/mol. The molecule has 0 spiro atoms. The van der Waals surface area contributed by atoms with Crippen molar-refractivity contribution in [2.75, 3.05) is 13.1 Å². The van der Waals surface area contributed by atoms with Gasteiger partial charge in [0.15, 0.2) is 0 Å². The average Bonchev–Trinajstić information content (AvgIpc) is 2.15. The van der Waals surface area contributed by atoms with E-state index in [4.69, 9.17) is 11.6 Å². The number of carbonyl (C=O) groups excluding carboxylic acids is 2. The molecule has 3 nitrogen and oxygen atoms in total. The Labute approximate surface area is 89.2 Å². The first-order valence-electron chi connectivity index (χ1n) is 4.38. The number of rotatable bonds is 1. The fourth-order valence-corrected chi connectivity index (χ4v) is 1.71. The largest absolute Gasteiger partial charge is 0.471 e. The van der Waals surface area contributed by atoms with Crippen LogP contribution >= 0.6 is 11.6 Å². The van der Waals surface area contributed by atoms with E-state index < -0.39 is 23.2 Å². The minimum absolute atomic E-state index is 0.0680. The normalized spacial score (nSPS) is 19.1. The highest BCUT2D eigenvalue weighted by Crippen LogP contribution is 2.24. The molecular weight excluding hydrogens is 235 g/mol. The fourth-order valence-electron chi connectivity index (χ4n) is 1.49. The Bertz CT molecular complexity index is 272. The second kappa shape index (κ2) is 4.38. The van der Waals surface area contributed by atoms with Crippen LogP contribution in [0.2, 0.25) is 0 Å². The van der Waals surface area contributed by atoms with Gasteiger partial charge in [-0.1, -0.05) is 0 Å². The number of carbonyl (C=O) groups is 2. The summed E-state index contributed by atoms with van der Waals surface area (Å²) in [6, 6.07) is 0. The van der Waals surface area contributed by atoms with E-state index in [9.17, 15) is 22.8 Å². The van der Waals surface area contributed by atoms with Gasteiger partial charge >= 0.3 is 12.1 Å². The molecule has 0 bridgehead atoms. The first kappa shape index (κ1) is 12.3. The van der Waals surface area contributed by atoms with Gasteiger partial charge in [-0.25, -0.2) is 0 Å². The maximum atomic E-state index is 12.0. The zero-order chi connectivity index (χ0) is 11.6. The molecule has 0 aliphatic carbocycles. The van der Waals surface area contributed by atoms with Gasteiger partial charge in [-0.05, 0) is 24.4 Å². The van der Waals surface area contributed by atoms with E-state index in [0.717, 1.165) is 0 Å². The molecule has 0 radical (unpaired) electrons. The van der Waals surface area contributed by atoms with Crippen molar-refractivity contribution >= 4 is 22.8 Å². The quantitative estimate of drug-likeness (QED) is 0.656. The molecule has 1 amide bonds. The van der Waals surface area contributed by atoms with Crippen LogP contribution in [0.3, 0.4) is 0 Å². The summed E-state index contributed by atoms with van der Waals surface area (Å²) in [4.78, 5) is 22.2. The van der Waals surface area contributed by atoms with Gasteiger partial charge in [0, 0.05) is 19.0 Å². The molecule has 0 aromatic rings. The Hall–Kier alpha value is -0.780. The Morgan fingerprint density at radius 1 is 1.20 bits per heavy atom. The van der Waals surface area contributed by atoms with Crippen molar-refractivity contribution in [2.24, 2.45) is 5.92 Å². The molecule has 0 N–H and O–H groups in total. The molecule has 0 aromatic heterocycles. The molecule has 1 heterocycles. The molecule has 86 valence electrons. The first-order valence-corrected chi connectivity index (χ1v) is 4.75. The minimum Gasteiger partial charge on any atom is -0.335 e. The second-order valence-electron chi connectivity index (χ2n) is 3.37. The van der Waals surface area contributed by atoms with E-state index in [-0.39, 0.29) is 25.9 Å². The summed E-state index contributed by atoms with van der Waals surface area (Å²) >= 11 is 5.21. The predicted octanol–water partition coefficient (Wildman–Crippen LogP) is 1.55. The molecule has 1 saturated heterocycles. The molecule has 7 heteroatoms. The van der Waals surface area contributed by atoms with Gasteiger partial charge < -0.3 is 4.90 Å². The summed E-state index contributed by atoms with van der Waals surface area (Å²) in [5.74, 6) is -2.27. The lowest BCUT2D eigenvalue weighted by atomic mass is 9.98. The Balaban J connectivity index is 2.51. The van der Waals surface area contributed by atoms with Crippen molar-refractivity contribution in [3.63, 3.8) is 0 Å². The number of nitrogens with zero attached hydrogens (tertiary/aromatic N) is 1. The van der Waals surface area contributed by atoms with Crippen LogP contribution in [0.1, 0.15) is 12.8 Å². The summed E-state index contributed by atoms with van der Waals surface area (Å²) < 4.78 is 36.0. The van der Waals surface area contributed by atoms with Crippen LogP contribution in [0.4, 0.5) is 13.2 Å². The minimum atomic E-state index is -4.84. The van der Waals surface area contributed by atoms with Crippen molar-refractivity contribution in [1.29, 1.82) is 0 Å². The van der Waals surface area contributed by atoms with Gasteiger partial charge in [-0.2, -0.15) is 13.2 Å². The number of halogens is 4. The third-order valence-corrected chi connectivity index (χ3v) is 2.65. The van der Waals surface area contributed by atoms with Crippen molar-refractivity contribution < 1.29 is 22.8 Å². The van der Waals surface area contributed by atoms with E-state index >= 15 is 0 Å². The summed E-state index contributed by atoms with van der Waals surface area (Å²) in [5, 5.41) is -0.547. The molecule has 0 atom stereocenters. The molecule has 1 aliphatic heterocycles. The molecule has 1 aliphatic rings. The lowest BCUT2D eigenvalue weighted by Gasteiger charge is -2.30. The van der Waals surface area contributed by atoms with Crippen LogP contribution < -0.4 is 0 Å². The smallest absolute Gasteiger partial charge is 0.335 e. The maximum absolute atomic E-state index is 12.0. The highest BCUT2D eigenvalue weighted by molar-refractivity contribution is 6.63. The Morgan fingerprint density at radius 2 is 1.67 bits per heavy atom. The number of alkyl halides is 3. The van der Waals surface area contributed by atoms with Gasteiger partial charge in [0.1, 0.15) is 0 Å². The van der Waals surface area contributed by atoms with Crippen LogP contribution in [0, 0.1) is 5.92 Å². The first-order chi connectivity index (χ1) is 6.82. The zero-order valence-corrected chi connectivity index (χ0v) is 8.44. The molecular formula is C8H9ClF3NO2. The maximum Gasteiger partial charge on any atom is 0.471 e. The zero-order valence-electron chi connectivity index (χ0n) is 7.68. The summed E-state index contributed by atoms with van der Waals surface area (Å²) in [7, 11) is 0. The molecule has 1 fully saturated rings.